The highest BCUT2D eigenvalue weighted by molar-refractivity contribution is 5.94. The largest absolute Gasteiger partial charge is 0.456 e. The van der Waals surface area contributed by atoms with Gasteiger partial charge in [-0.15, -0.1) is 0 Å². The van der Waals surface area contributed by atoms with Gasteiger partial charge in [0.15, 0.2) is 11.6 Å². The lowest BCUT2D eigenvalue weighted by molar-refractivity contribution is 0.438. The predicted octanol–water partition coefficient (Wildman–Crippen LogP) is 28.2. The van der Waals surface area contributed by atoms with Gasteiger partial charge in [0.05, 0.1) is 33.6 Å². The number of aromatic nitrogens is 4. The summed E-state index contributed by atoms with van der Waals surface area (Å²) in [5.74, 6) is 4.73. The van der Waals surface area contributed by atoms with Gasteiger partial charge in [0.1, 0.15) is 23.0 Å². The highest BCUT2D eigenvalue weighted by atomic mass is 16.5. The molecule has 2 spiro atoms. The zero-order valence-electron chi connectivity index (χ0n) is 64.0. The molecular formula is C112H70N4O2. The summed E-state index contributed by atoms with van der Waals surface area (Å²) in [6, 6.07) is 152. The van der Waals surface area contributed by atoms with Crippen molar-refractivity contribution in [1.29, 1.82) is 0 Å². The molecular weight excluding hydrogens is 1430 g/mol. The lowest BCUT2D eigenvalue weighted by atomic mass is 9.65. The molecule has 6 heteroatoms. The minimum atomic E-state index is -0.561. The van der Waals surface area contributed by atoms with E-state index in [9.17, 15) is 0 Å². The summed E-state index contributed by atoms with van der Waals surface area (Å²) in [4.78, 5) is 21.5. The van der Waals surface area contributed by atoms with Gasteiger partial charge in [0.25, 0.3) is 0 Å². The Morgan fingerprint density at radius 3 is 0.720 bits per heavy atom. The molecule has 550 valence electrons. The standard InChI is InChI=1S/C112H70N4O2/c1-3-22-71(23-4-1)73-44-56-79(57-45-73)101-69-103(81-60-52-77(53-61-81)87-32-20-40-99-107(87)117-105-42-17-15-38-97(105)111(99)93-34-11-7-28-89(93)90-29-8-12-35-94(90)111)116-110(113-101)84-66-50-76(51-67-84)86-27-19-26-85(68-86)75-46-58-80(59-47-75)102-70-104(115-109(114-102)83-64-48-74(49-65-83)72-24-5-2-6-25-72)82-62-54-78(55-63-82)88-33-21-41-100-108(88)118-106-43-18-16-39-98(106)112(100)95-36-13-9-30-91(95)92-31-10-14-37-96(92)112/h1-70H. The third kappa shape index (κ3) is 11.0. The Labute approximate surface area is 684 Å². The predicted molar refractivity (Wildman–Crippen MR) is 478 cm³/mol. The molecule has 0 amide bonds. The van der Waals surface area contributed by atoms with E-state index in [4.69, 9.17) is 29.4 Å². The summed E-state index contributed by atoms with van der Waals surface area (Å²) >= 11 is 0. The summed E-state index contributed by atoms with van der Waals surface area (Å²) < 4.78 is 14.2. The molecule has 0 saturated heterocycles. The molecule has 2 aliphatic carbocycles. The monoisotopic (exact) mass is 1500 g/mol. The van der Waals surface area contributed by atoms with Gasteiger partial charge >= 0.3 is 0 Å². The van der Waals surface area contributed by atoms with E-state index in [-0.39, 0.29) is 0 Å². The number of rotatable bonds is 12. The first-order valence-corrected chi connectivity index (χ1v) is 40.3. The zero-order valence-corrected chi connectivity index (χ0v) is 64.0. The second-order valence-corrected chi connectivity index (χ2v) is 30.9. The summed E-state index contributed by atoms with van der Waals surface area (Å²) in [5, 5.41) is 0. The smallest absolute Gasteiger partial charge is 0.160 e. The van der Waals surface area contributed by atoms with Crippen LogP contribution < -0.4 is 9.47 Å². The van der Waals surface area contributed by atoms with E-state index >= 15 is 0 Å². The first-order chi connectivity index (χ1) is 58.4. The second-order valence-electron chi connectivity index (χ2n) is 30.9. The normalized spacial score (nSPS) is 13.0. The summed E-state index contributed by atoms with van der Waals surface area (Å²) in [5.41, 5.74) is 35.7. The highest BCUT2D eigenvalue weighted by Gasteiger charge is 2.53. The SMILES string of the molecule is c1ccc(-c2ccc(-c3cc(-c4ccc(-c5cccc6c5Oc5ccccc5C65c6ccccc6-c6ccccc65)cc4)nc(-c4ccc(-c5cccc(-c6ccc(-c7cc(-c8ccc(-c9cccc%10c9Oc9ccccc9C%109c%10ccccc%10-c%10ccccc%109)cc8)nc(-c8ccc(-c9ccccc9)cc8)n7)cc6)c5)cc4)n3)cc2)cc1. The number of hydrogen-bond acceptors (Lipinski definition) is 6. The van der Waals surface area contributed by atoms with Gasteiger partial charge in [-0.1, -0.05) is 394 Å². The first kappa shape index (κ1) is 68.1. The Bertz CT molecular complexity index is 6660. The topological polar surface area (TPSA) is 70.0 Å². The number of para-hydroxylation sites is 4. The van der Waals surface area contributed by atoms with Crippen LogP contribution in [0.2, 0.25) is 0 Å². The van der Waals surface area contributed by atoms with Crippen molar-refractivity contribution in [2.24, 2.45) is 0 Å². The van der Waals surface area contributed by atoms with Crippen molar-refractivity contribution in [2.45, 2.75) is 10.8 Å². The van der Waals surface area contributed by atoms with Gasteiger partial charge in [0, 0.05) is 66.8 Å². The Morgan fingerprint density at radius 2 is 0.381 bits per heavy atom. The Kier molecular flexibility index (Phi) is 16.0. The van der Waals surface area contributed by atoms with Crippen molar-refractivity contribution >= 4 is 0 Å². The van der Waals surface area contributed by atoms with Gasteiger partial charge in [-0.25, -0.2) is 19.9 Å². The minimum absolute atomic E-state index is 0.561. The van der Waals surface area contributed by atoms with E-state index in [0.717, 1.165) is 168 Å². The van der Waals surface area contributed by atoms with Crippen molar-refractivity contribution in [1.82, 2.24) is 19.9 Å². The van der Waals surface area contributed by atoms with Crippen molar-refractivity contribution < 1.29 is 9.47 Å². The van der Waals surface area contributed by atoms with E-state index in [1.807, 2.05) is 6.07 Å². The zero-order chi connectivity index (χ0) is 77.8. The number of hydrogen-bond donors (Lipinski definition) is 0. The molecule has 0 radical (unpaired) electrons. The van der Waals surface area contributed by atoms with Crippen LogP contribution in [0.1, 0.15) is 44.5 Å². The van der Waals surface area contributed by atoms with E-state index in [2.05, 4.69) is 419 Å². The lowest BCUT2D eigenvalue weighted by Gasteiger charge is -2.40. The van der Waals surface area contributed by atoms with Gasteiger partial charge in [0.2, 0.25) is 0 Å². The van der Waals surface area contributed by atoms with Crippen LogP contribution in [0.25, 0.3) is 157 Å². The third-order valence-electron chi connectivity index (χ3n) is 24.6. The van der Waals surface area contributed by atoms with Crippen molar-refractivity contribution in [2.75, 3.05) is 0 Å². The van der Waals surface area contributed by atoms with Crippen LogP contribution in [0, 0.1) is 0 Å². The van der Waals surface area contributed by atoms with Crippen LogP contribution in [0.4, 0.5) is 0 Å². The molecule has 0 unspecified atom stereocenters. The molecule has 0 atom stereocenters. The Hall–Kier alpha value is -15.5. The molecule has 0 bridgehead atoms. The molecule has 4 heterocycles. The lowest BCUT2D eigenvalue weighted by Crippen LogP contribution is -2.32. The maximum atomic E-state index is 7.09. The van der Waals surface area contributed by atoms with Crippen molar-refractivity contribution in [3.63, 3.8) is 0 Å². The summed E-state index contributed by atoms with van der Waals surface area (Å²) in [7, 11) is 0. The molecule has 0 saturated carbocycles. The van der Waals surface area contributed by atoms with E-state index in [0.29, 0.717) is 11.6 Å². The number of ether oxygens (including phenoxy) is 2. The summed E-state index contributed by atoms with van der Waals surface area (Å²) in [6.45, 7) is 0. The fraction of sp³-hybridized carbons (Fsp3) is 0.0179. The van der Waals surface area contributed by atoms with E-state index < -0.39 is 10.8 Å². The average Bonchev–Trinajstić information content (AvgIpc) is 1.50. The van der Waals surface area contributed by atoms with Crippen LogP contribution in [0.5, 0.6) is 23.0 Å². The third-order valence-corrected chi connectivity index (χ3v) is 24.6. The molecule has 2 aromatic heterocycles. The number of nitrogens with zero attached hydrogens (tertiary/aromatic N) is 4. The first-order valence-electron chi connectivity index (χ1n) is 40.3. The van der Waals surface area contributed by atoms with Gasteiger partial charge < -0.3 is 9.47 Å². The highest BCUT2D eigenvalue weighted by Crippen LogP contribution is 2.65. The van der Waals surface area contributed by atoms with Gasteiger partial charge in [-0.2, -0.15) is 0 Å². The molecule has 17 aromatic carbocycles. The average molecular weight is 1500 g/mol. The maximum Gasteiger partial charge on any atom is 0.160 e. The fourth-order valence-corrected chi connectivity index (χ4v) is 19.0. The van der Waals surface area contributed by atoms with Crippen LogP contribution in [0.3, 0.4) is 0 Å². The van der Waals surface area contributed by atoms with Crippen molar-refractivity contribution in [3.05, 3.63) is 469 Å². The minimum Gasteiger partial charge on any atom is -0.456 e. The second kappa shape index (κ2) is 27.7. The molecule has 4 aliphatic rings. The number of benzene rings is 17. The van der Waals surface area contributed by atoms with Crippen LogP contribution in [-0.2, 0) is 10.8 Å². The molecule has 19 aromatic rings. The Balaban J connectivity index is 0.555. The summed E-state index contributed by atoms with van der Waals surface area (Å²) in [6.07, 6.45) is 0. The van der Waals surface area contributed by atoms with Gasteiger partial charge in [-0.05, 0) is 130 Å². The van der Waals surface area contributed by atoms with Gasteiger partial charge in [-0.3, -0.25) is 0 Å². The van der Waals surface area contributed by atoms with Crippen LogP contribution >= 0.6 is 0 Å². The molecule has 118 heavy (non-hydrogen) atoms. The van der Waals surface area contributed by atoms with Crippen LogP contribution in [0.15, 0.2) is 425 Å². The van der Waals surface area contributed by atoms with E-state index in [1.165, 1.54) is 44.5 Å². The molecule has 23 rings (SSSR count). The molecule has 6 nitrogen and oxygen atoms in total. The van der Waals surface area contributed by atoms with E-state index in [1.54, 1.807) is 0 Å². The molecule has 2 aliphatic heterocycles. The van der Waals surface area contributed by atoms with Crippen LogP contribution in [-0.4, -0.2) is 19.9 Å². The molecule has 0 N–H and O–H groups in total. The molecule has 0 fully saturated rings. The van der Waals surface area contributed by atoms with Crippen molar-refractivity contribution in [3.8, 4) is 180 Å². The fourth-order valence-electron chi connectivity index (χ4n) is 19.0. The number of fused-ring (bicyclic) bond motifs is 18. The maximum absolute atomic E-state index is 7.09. The quantitative estimate of drug-likeness (QED) is 0.121. The Morgan fingerprint density at radius 1 is 0.153 bits per heavy atom.